The molecule has 3 heterocycles. The van der Waals surface area contributed by atoms with E-state index in [4.69, 9.17) is 19.2 Å². The zero-order chi connectivity index (χ0) is 18.3. The highest BCUT2D eigenvalue weighted by molar-refractivity contribution is 5.63. The zero-order valence-electron chi connectivity index (χ0n) is 15.7. The summed E-state index contributed by atoms with van der Waals surface area (Å²) in [4.78, 5) is 4.76. The molecule has 5 heteroatoms. The van der Waals surface area contributed by atoms with Gasteiger partial charge in [0.2, 0.25) is 5.79 Å². The molecule has 26 heavy (non-hydrogen) atoms. The maximum Gasteiger partial charge on any atom is 0.237 e. The van der Waals surface area contributed by atoms with E-state index >= 15 is 0 Å². The molecular weight excluding hydrogens is 328 g/mol. The number of benzene rings is 1. The number of hydrogen-bond donors (Lipinski definition) is 0. The number of nitrogens with zero attached hydrogens (tertiary/aromatic N) is 2. The van der Waals surface area contributed by atoms with Gasteiger partial charge in [-0.1, -0.05) is 30.3 Å². The Morgan fingerprint density at radius 3 is 2.65 bits per heavy atom. The van der Waals surface area contributed by atoms with Crippen LogP contribution in [0.5, 0.6) is 5.75 Å². The second-order valence-electron chi connectivity index (χ2n) is 6.80. The summed E-state index contributed by atoms with van der Waals surface area (Å²) >= 11 is 0. The third-order valence-electron chi connectivity index (χ3n) is 5.35. The minimum Gasteiger partial charge on any atom is -0.454 e. The molecule has 1 aliphatic rings. The topological polar surface area (TPSA) is 45.0 Å². The minimum absolute atomic E-state index is 0.545. The van der Waals surface area contributed by atoms with Gasteiger partial charge in [0.05, 0.1) is 12.3 Å². The number of fused-ring (bicyclic) bond motifs is 3. The lowest BCUT2D eigenvalue weighted by Crippen LogP contribution is -2.39. The molecule has 0 fully saturated rings. The van der Waals surface area contributed by atoms with Crippen LogP contribution in [0, 0.1) is 13.8 Å². The lowest BCUT2D eigenvalue weighted by molar-refractivity contribution is -0.183. The van der Waals surface area contributed by atoms with E-state index in [0.717, 1.165) is 52.3 Å². The van der Waals surface area contributed by atoms with Crippen molar-refractivity contribution < 1.29 is 14.2 Å². The van der Waals surface area contributed by atoms with E-state index in [1.807, 2.05) is 37.3 Å². The third kappa shape index (κ3) is 2.50. The summed E-state index contributed by atoms with van der Waals surface area (Å²) in [6.45, 7) is 4.64. The van der Waals surface area contributed by atoms with E-state index < -0.39 is 5.79 Å². The van der Waals surface area contributed by atoms with Crippen molar-refractivity contribution in [1.82, 2.24) is 9.38 Å². The smallest absolute Gasteiger partial charge is 0.237 e. The minimum atomic E-state index is -0.797. The number of imidazole rings is 1. The Morgan fingerprint density at radius 2 is 1.96 bits per heavy atom. The SMILES string of the molecule is COCc1cn2c(C)c(C)nc2c2c1CCC(OC)(c1ccccc1)O2. The van der Waals surface area contributed by atoms with Crippen LogP contribution in [0.2, 0.25) is 0 Å². The van der Waals surface area contributed by atoms with Crippen LogP contribution in [-0.2, 0) is 28.3 Å². The Bertz CT molecular complexity index is 949. The fraction of sp³-hybridized carbons (Fsp3) is 0.381. The summed E-state index contributed by atoms with van der Waals surface area (Å²) in [5.41, 5.74) is 6.26. The van der Waals surface area contributed by atoms with E-state index in [1.165, 1.54) is 0 Å². The first-order valence-electron chi connectivity index (χ1n) is 8.88. The van der Waals surface area contributed by atoms with Crippen LogP contribution in [0.15, 0.2) is 36.5 Å². The first kappa shape index (κ1) is 17.1. The molecule has 0 amide bonds. The van der Waals surface area contributed by atoms with Crippen LogP contribution in [0.1, 0.15) is 34.5 Å². The quantitative estimate of drug-likeness (QED) is 0.714. The fourth-order valence-corrected chi connectivity index (χ4v) is 3.78. The average molecular weight is 352 g/mol. The highest BCUT2D eigenvalue weighted by Crippen LogP contribution is 2.43. The van der Waals surface area contributed by atoms with Crippen molar-refractivity contribution in [1.29, 1.82) is 0 Å². The van der Waals surface area contributed by atoms with Gasteiger partial charge in [0.25, 0.3) is 0 Å². The van der Waals surface area contributed by atoms with E-state index in [2.05, 4.69) is 17.5 Å². The summed E-state index contributed by atoms with van der Waals surface area (Å²) in [6, 6.07) is 10.1. The van der Waals surface area contributed by atoms with Gasteiger partial charge in [-0.2, -0.15) is 0 Å². The molecule has 5 nitrogen and oxygen atoms in total. The summed E-state index contributed by atoms with van der Waals surface area (Å²) < 4.78 is 20.0. The maximum absolute atomic E-state index is 6.56. The summed E-state index contributed by atoms with van der Waals surface area (Å²) in [5.74, 6) is 0.00138. The van der Waals surface area contributed by atoms with Crippen LogP contribution < -0.4 is 4.74 Å². The van der Waals surface area contributed by atoms with Gasteiger partial charge >= 0.3 is 0 Å². The largest absolute Gasteiger partial charge is 0.454 e. The summed E-state index contributed by atoms with van der Waals surface area (Å²) in [6.07, 6.45) is 3.71. The first-order chi connectivity index (χ1) is 12.6. The van der Waals surface area contributed by atoms with Crippen molar-refractivity contribution in [3.8, 4) is 5.75 Å². The van der Waals surface area contributed by atoms with Crippen LogP contribution in [0.25, 0.3) is 5.65 Å². The number of hydrogen-bond acceptors (Lipinski definition) is 4. The average Bonchev–Trinajstić information content (AvgIpc) is 2.97. The molecule has 0 N–H and O–H groups in total. The molecule has 4 rings (SSSR count). The third-order valence-corrected chi connectivity index (χ3v) is 5.35. The Balaban J connectivity index is 1.92. The molecule has 0 radical (unpaired) electrons. The number of pyridine rings is 1. The number of aromatic nitrogens is 2. The highest BCUT2D eigenvalue weighted by Gasteiger charge is 2.40. The fourth-order valence-electron chi connectivity index (χ4n) is 3.78. The second-order valence-corrected chi connectivity index (χ2v) is 6.80. The lowest BCUT2D eigenvalue weighted by Gasteiger charge is -2.38. The predicted octanol–water partition coefficient (Wildman–Crippen LogP) is 3.92. The molecular formula is C21H24N2O3. The zero-order valence-corrected chi connectivity index (χ0v) is 15.7. The van der Waals surface area contributed by atoms with E-state index in [1.54, 1.807) is 14.2 Å². The van der Waals surface area contributed by atoms with E-state index in [-0.39, 0.29) is 0 Å². The Morgan fingerprint density at radius 1 is 1.19 bits per heavy atom. The highest BCUT2D eigenvalue weighted by atomic mass is 16.7. The maximum atomic E-state index is 6.56. The normalized spacial score (nSPS) is 19.4. The molecule has 0 aliphatic carbocycles. The van der Waals surface area contributed by atoms with Gasteiger partial charge in [0.1, 0.15) is 0 Å². The Kier molecular flexibility index (Phi) is 4.21. The van der Waals surface area contributed by atoms with Crippen LogP contribution >= 0.6 is 0 Å². The molecule has 1 atom stereocenters. The number of methoxy groups -OCH3 is 2. The van der Waals surface area contributed by atoms with Gasteiger partial charge in [0.15, 0.2) is 11.4 Å². The van der Waals surface area contributed by atoms with Crippen molar-refractivity contribution in [2.45, 2.75) is 39.1 Å². The molecule has 1 unspecified atom stereocenters. The van der Waals surface area contributed by atoms with Crippen molar-refractivity contribution in [2.75, 3.05) is 14.2 Å². The molecule has 0 bridgehead atoms. The predicted molar refractivity (Wildman–Crippen MR) is 99.5 cm³/mol. The van der Waals surface area contributed by atoms with Gasteiger partial charge in [0, 0.05) is 49.2 Å². The molecule has 0 spiro atoms. The van der Waals surface area contributed by atoms with Crippen molar-refractivity contribution in [3.63, 3.8) is 0 Å². The molecule has 1 aromatic carbocycles. The van der Waals surface area contributed by atoms with Gasteiger partial charge in [-0.25, -0.2) is 4.98 Å². The summed E-state index contributed by atoms with van der Waals surface area (Å²) in [5, 5.41) is 0. The Labute approximate surface area is 153 Å². The summed E-state index contributed by atoms with van der Waals surface area (Å²) in [7, 11) is 3.42. The lowest BCUT2D eigenvalue weighted by atomic mass is 9.92. The van der Waals surface area contributed by atoms with Gasteiger partial charge in [-0.3, -0.25) is 0 Å². The first-order valence-corrected chi connectivity index (χ1v) is 8.88. The molecule has 2 aromatic heterocycles. The number of aryl methyl sites for hydroxylation is 2. The molecule has 1 aliphatic heterocycles. The number of rotatable bonds is 4. The van der Waals surface area contributed by atoms with Crippen LogP contribution in [0.4, 0.5) is 0 Å². The monoisotopic (exact) mass is 352 g/mol. The van der Waals surface area contributed by atoms with Crippen LogP contribution in [-0.4, -0.2) is 23.6 Å². The van der Waals surface area contributed by atoms with Crippen molar-refractivity contribution in [3.05, 3.63) is 64.6 Å². The molecule has 3 aromatic rings. The van der Waals surface area contributed by atoms with Crippen molar-refractivity contribution in [2.24, 2.45) is 0 Å². The molecule has 0 saturated heterocycles. The van der Waals surface area contributed by atoms with Gasteiger partial charge < -0.3 is 18.6 Å². The van der Waals surface area contributed by atoms with Gasteiger partial charge in [-0.05, 0) is 20.3 Å². The second kappa shape index (κ2) is 6.41. The molecule has 0 saturated carbocycles. The van der Waals surface area contributed by atoms with E-state index in [9.17, 15) is 0 Å². The molecule has 136 valence electrons. The standard InChI is InChI=1S/C21H24N2O3/c1-14-15(2)23-12-16(13-24-3)18-10-11-21(25-4,17-8-6-5-7-9-17)26-19(18)20(23)22-14/h5-9,12H,10-11,13H2,1-4H3. The van der Waals surface area contributed by atoms with Crippen molar-refractivity contribution >= 4 is 5.65 Å². The van der Waals surface area contributed by atoms with Crippen LogP contribution in [0.3, 0.4) is 0 Å². The van der Waals surface area contributed by atoms with E-state index in [0.29, 0.717) is 6.61 Å². The Hall–Kier alpha value is -2.37. The number of ether oxygens (including phenoxy) is 3. The van der Waals surface area contributed by atoms with Gasteiger partial charge in [-0.15, -0.1) is 0 Å².